The van der Waals surface area contributed by atoms with Crippen LogP contribution >= 0.6 is 0 Å². The molecule has 0 spiro atoms. The Morgan fingerprint density at radius 2 is 0.875 bits per heavy atom. The van der Waals surface area contributed by atoms with Crippen LogP contribution in [0.25, 0.3) is 93.8 Å². The lowest BCUT2D eigenvalue weighted by Crippen LogP contribution is -2.28. The van der Waals surface area contributed by atoms with Gasteiger partial charge in [0.05, 0.1) is 27.7 Å². The van der Waals surface area contributed by atoms with Gasteiger partial charge in [-0.3, -0.25) is 0 Å². The Bertz CT molecular complexity index is 3700. The Morgan fingerprint density at radius 3 is 1.59 bits per heavy atom. The van der Waals surface area contributed by atoms with Gasteiger partial charge < -0.3 is 4.57 Å². The molecular formula is C62H40N2. The molecule has 1 aliphatic carbocycles. The molecule has 12 aromatic rings. The maximum absolute atomic E-state index is 5.41. The Balaban J connectivity index is 0.964. The zero-order valence-corrected chi connectivity index (χ0v) is 35.0. The Morgan fingerprint density at radius 1 is 0.312 bits per heavy atom. The summed E-state index contributed by atoms with van der Waals surface area (Å²) in [4.78, 5) is 5.41. The van der Waals surface area contributed by atoms with Crippen LogP contribution in [0.15, 0.2) is 243 Å². The summed E-state index contributed by atoms with van der Waals surface area (Å²) in [6, 6.07) is 88.8. The van der Waals surface area contributed by atoms with E-state index < -0.39 is 5.41 Å². The third kappa shape index (κ3) is 5.42. The molecule has 0 bridgehead atoms. The van der Waals surface area contributed by atoms with E-state index in [-0.39, 0.29) is 0 Å². The molecule has 2 heterocycles. The van der Waals surface area contributed by atoms with Gasteiger partial charge in [0, 0.05) is 32.8 Å². The molecule has 10 aromatic carbocycles. The van der Waals surface area contributed by atoms with Crippen molar-refractivity contribution in [2.75, 3.05) is 0 Å². The number of benzene rings is 10. The van der Waals surface area contributed by atoms with Crippen LogP contribution in [0.3, 0.4) is 0 Å². The Kier molecular flexibility index (Phi) is 8.16. The number of hydrogen-bond acceptors (Lipinski definition) is 1. The molecule has 2 heteroatoms. The second kappa shape index (κ2) is 14.4. The van der Waals surface area contributed by atoms with E-state index in [1.165, 1.54) is 77.3 Å². The first-order chi connectivity index (χ1) is 31.7. The lowest BCUT2D eigenvalue weighted by Gasteiger charge is -2.34. The van der Waals surface area contributed by atoms with Crippen molar-refractivity contribution in [3.63, 3.8) is 0 Å². The minimum absolute atomic E-state index is 0.437. The number of fused-ring (bicyclic) bond motifs is 9. The zero-order valence-electron chi connectivity index (χ0n) is 35.0. The summed E-state index contributed by atoms with van der Waals surface area (Å²) >= 11 is 0. The van der Waals surface area contributed by atoms with Crippen LogP contribution in [-0.4, -0.2) is 9.55 Å². The second-order valence-corrected chi connectivity index (χ2v) is 17.0. The highest BCUT2D eigenvalue weighted by Crippen LogP contribution is 2.56. The maximum Gasteiger partial charge on any atom is 0.0788 e. The molecule has 0 fully saturated rings. The summed E-state index contributed by atoms with van der Waals surface area (Å²) in [5, 5.41) is 5.93. The van der Waals surface area contributed by atoms with E-state index in [2.05, 4.69) is 247 Å². The van der Waals surface area contributed by atoms with Crippen molar-refractivity contribution in [2.24, 2.45) is 0 Å². The van der Waals surface area contributed by atoms with Gasteiger partial charge in [-0.25, -0.2) is 4.98 Å². The van der Waals surface area contributed by atoms with Crippen molar-refractivity contribution < 1.29 is 0 Å². The van der Waals surface area contributed by atoms with E-state index in [1.807, 2.05) is 0 Å². The summed E-state index contributed by atoms with van der Waals surface area (Å²) in [6.07, 6.45) is 0. The summed E-state index contributed by atoms with van der Waals surface area (Å²) in [6.45, 7) is 0. The number of pyridine rings is 1. The molecule has 1 aliphatic rings. The molecular weight excluding hydrogens is 773 g/mol. The maximum atomic E-state index is 5.41. The molecule has 0 aliphatic heterocycles. The molecule has 298 valence electrons. The van der Waals surface area contributed by atoms with Gasteiger partial charge in [0.2, 0.25) is 0 Å². The van der Waals surface area contributed by atoms with Gasteiger partial charge in [0.25, 0.3) is 0 Å². The first-order valence-electron chi connectivity index (χ1n) is 22.1. The van der Waals surface area contributed by atoms with Gasteiger partial charge in [-0.2, -0.15) is 0 Å². The van der Waals surface area contributed by atoms with E-state index >= 15 is 0 Å². The number of aromatic nitrogens is 2. The van der Waals surface area contributed by atoms with Crippen LogP contribution in [0.1, 0.15) is 22.3 Å². The molecule has 64 heavy (non-hydrogen) atoms. The summed E-state index contributed by atoms with van der Waals surface area (Å²) in [7, 11) is 0. The van der Waals surface area contributed by atoms with Gasteiger partial charge >= 0.3 is 0 Å². The minimum Gasteiger partial charge on any atom is -0.309 e. The van der Waals surface area contributed by atoms with Gasteiger partial charge in [0.15, 0.2) is 0 Å². The number of rotatable bonds is 6. The smallest absolute Gasteiger partial charge is 0.0788 e. The fraction of sp³-hybridized carbons (Fsp3) is 0.0161. The number of nitrogens with zero attached hydrogens (tertiary/aromatic N) is 2. The van der Waals surface area contributed by atoms with E-state index in [9.17, 15) is 0 Å². The first kappa shape index (κ1) is 36.3. The predicted molar refractivity (Wildman–Crippen MR) is 267 cm³/mol. The largest absolute Gasteiger partial charge is 0.309 e. The molecule has 0 N–H and O–H groups in total. The lowest BCUT2D eigenvalue weighted by atomic mass is 9.67. The second-order valence-electron chi connectivity index (χ2n) is 17.0. The van der Waals surface area contributed by atoms with E-state index in [0.717, 1.165) is 38.8 Å². The van der Waals surface area contributed by atoms with Crippen LogP contribution in [0.2, 0.25) is 0 Å². The molecule has 0 unspecified atom stereocenters. The minimum atomic E-state index is -0.437. The van der Waals surface area contributed by atoms with Crippen molar-refractivity contribution in [1.82, 2.24) is 9.55 Å². The van der Waals surface area contributed by atoms with Crippen molar-refractivity contribution in [3.8, 4) is 50.3 Å². The average molecular weight is 813 g/mol. The van der Waals surface area contributed by atoms with Gasteiger partial charge in [0.1, 0.15) is 0 Å². The van der Waals surface area contributed by atoms with Crippen LogP contribution < -0.4 is 0 Å². The van der Waals surface area contributed by atoms with E-state index in [0.29, 0.717) is 0 Å². The first-order valence-corrected chi connectivity index (χ1v) is 22.1. The fourth-order valence-corrected chi connectivity index (χ4v) is 10.8. The highest BCUT2D eigenvalue weighted by Gasteiger charge is 2.46. The van der Waals surface area contributed by atoms with Gasteiger partial charge in [-0.1, -0.05) is 194 Å². The molecule has 0 saturated carbocycles. The van der Waals surface area contributed by atoms with Crippen LogP contribution in [0, 0.1) is 0 Å². The third-order valence-electron chi connectivity index (χ3n) is 13.7. The molecule has 13 rings (SSSR count). The highest BCUT2D eigenvalue weighted by molar-refractivity contribution is 6.20. The molecule has 2 aromatic heterocycles. The van der Waals surface area contributed by atoms with Crippen molar-refractivity contribution in [3.05, 3.63) is 265 Å². The molecule has 0 atom stereocenters. The average Bonchev–Trinajstić information content (AvgIpc) is 3.86. The van der Waals surface area contributed by atoms with Crippen LogP contribution in [-0.2, 0) is 5.41 Å². The SMILES string of the molecule is c1ccc(-c2nc3ccc(-c4ccc(-c5ccc6c(c5)C(c5ccccc5)(c5ccccc5)c5ccccc5-6)cc4)cc3c3cc4c(cc23)c2ccccc2n4-c2ccccc2)cc1. The topological polar surface area (TPSA) is 17.8 Å². The summed E-state index contributed by atoms with van der Waals surface area (Å²) in [5.41, 5.74) is 18.7. The standard InChI is InChI=1S/C62H40N2/c1-5-17-43(18-6-1)61-55-39-54-51-26-14-16-28-59(51)64(48-23-11-4-12-24-48)60(54)40-52(55)53-37-44(34-36-58(53)63-61)41-29-31-42(32-30-41)45-33-35-50-49-25-13-15-27-56(49)62(57(50)38-45,46-19-7-2-8-20-46)47-21-9-3-10-22-47/h1-40H. The molecule has 0 radical (unpaired) electrons. The van der Waals surface area contributed by atoms with Gasteiger partial charge in [-0.05, 0) is 110 Å². The van der Waals surface area contributed by atoms with Crippen LogP contribution in [0.5, 0.6) is 0 Å². The monoisotopic (exact) mass is 812 g/mol. The summed E-state index contributed by atoms with van der Waals surface area (Å²) in [5.74, 6) is 0. The van der Waals surface area contributed by atoms with E-state index in [4.69, 9.17) is 4.98 Å². The third-order valence-corrected chi connectivity index (χ3v) is 13.7. The van der Waals surface area contributed by atoms with Crippen molar-refractivity contribution >= 4 is 43.5 Å². The summed E-state index contributed by atoms with van der Waals surface area (Å²) < 4.78 is 2.41. The van der Waals surface area contributed by atoms with Crippen LogP contribution in [0.4, 0.5) is 0 Å². The zero-order chi connectivity index (χ0) is 42.2. The molecule has 2 nitrogen and oxygen atoms in total. The Hall–Kier alpha value is -8.33. The molecule has 0 saturated heterocycles. The predicted octanol–water partition coefficient (Wildman–Crippen LogP) is 15.8. The molecule has 0 amide bonds. The van der Waals surface area contributed by atoms with Crippen molar-refractivity contribution in [1.29, 1.82) is 0 Å². The Labute approximate surface area is 372 Å². The highest BCUT2D eigenvalue weighted by atomic mass is 15.0. The fourth-order valence-electron chi connectivity index (χ4n) is 10.8. The number of para-hydroxylation sites is 2. The normalized spacial score (nSPS) is 12.8. The quantitative estimate of drug-likeness (QED) is 0.153. The van der Waals surface area contributed by atoms with Gasteiger partial charge in [-0.15, -0.1) is 0 Å². The lowest BCUT2D eigenvalue weighted by molar-refractivity contribution is 0.769. The van der Waals surface area contributed by atoms with E-state index in [1.54, 1.807) is 0 Å². The number of hydrogen-bond donors (Lipinski definition) is 0. The van der Waals surface area contributed by atoms with Crippen molar-refractivity contribution in [2.45, 2.75) is 5.41 Å².